The fraction of sp³-hybridized carbons (Fsp3) is 0.750. The first-order valence-corrected chi connectivity index (χ1v) is 7.49. The van der Waals surface area contributed by atoms with Crippen molar-refractivity contribution in [2.75, 3.05) is 6.54 Å². The Morgan fingerprint density at radius 2 is 2.11 bits per heavy atom. The molecule has 1 saturated carbocycles. The molecule has 0 aliphatic heterocycles. The molecule has 1 unspecified atom stereocenters. The topological polar surface area (TPSA) is 25.2 Å². The van der Waals surface area contributed by atoms with Crippen molar-refractivity contribution in [2.45, 2.75) is 64.8 Å². The quantitative estimate of drug-likeness (QED) is 0.819. The SMILES string of the molecule is CCCNC(Cc1ccoc1)C1(C)CCCCC1. The second kappa shape index (κ2) is 6.42. The van der Waals surface area contributed by atoms with E-state index in [2.05, 4.69) is 25.2 Å². The van der Waals surface area contributed by atoms with Crippen molar-refractivity contribution >= 4 is 0 Å². The summed E-state index contributed by atoms with van der Waals surface area (Å²) < 4.78 is 5.21. The third-order valence-corrected chi connectivity index (χ3v) is 4.50. The Morgan fingerprint density at radius 3 is 2.72 bits per heavy atom. The van der Waals surface area contributed by atoms with Gasteiger partial charge < -0.3 is 9.73 Å². The molecule has 2 heteroatoms. The second-order valence-electron chi connectivity index (χ2n) is 6.06. The molecule has 0 saturated heterocycles. The number of rotatable bonds is 6. The van der Waals surface area contributed by atoms with Crippen LogP contribution in [0.1, 0.15) is 57.9 Å². The molecule has 1 aromatic rings. The van der Waals surface area contributed by atoms with E-state index < -0.39 is 0 Å². The Hall–Kier alpha value is -0.760. The molecule has 1 aromatic heterocycles. The van der Waals surface area contributed by atoms with Crippen LogP contribution in [0.2, 0.25) is 0 Å². The van der Waals surface area contributed by atoms with Crippen LogP contribution in [0.15, 0.2) is 23.0 Å². The molecule has 102 valence electrons. The summed E-state index contributed by atoms with van der Waals surface area (Å²) in [4.78, 5) is 0. The molecule has 0 amide bonds. The van der Waals surface area contributed by atoms with Gasteiger partial charge in [-0.3, -0.25) is 0 Å². The minimum absolute atomic E-state index is 0.463. The molecular weight excluding hydrogens is 222 g/mol. The molecule has 1 atom stereocenters. The van der Waals surface area contributed by atoms with Crippen LogP contribution in [0.3, 0.4) is 0 Å². The van der Waals surface area contributed by atoms with E-state index in [0.29, 0.717) is 11.5 Å². The van der Waals surface area contributed by atoms with Crippen LogP contribution in [0.5, 0.6) is 0 Å². The summed E-state index contributed by atoms with van der Waals surface area (Å²) in [5.74, 6) is 0. The van der Waals surface area contributed by atoms with Crippen LogP contribution in [0, 0.1) is 5.41 Å². The van der Waals surface area contributed by atoms with Crippen molar-refractivity contribution in [1.29, 1.82) is 0 Å². The van der Waals surface area contributed by atoms with Crippen LogP contribution < -0.4 is 5.32 Å². The van der Waals surface area contributed by atoms with Gasteiger partial charge >= 0.3 is 0 Å². The average molecular weight is 249 g/mol. The van der Waals surface area contributed by atoms with Gasteiger partial charge in [0.25, 0.3) is 0 Å². The van der Waals surface area contributed by atoms with E-state index in [1.165, 1.54) is 44.1 Å². The van der Waals surface area contributed by atoms with Crippen molar-refractivity contribution < 1.29 is 4.42 Å². The maximum Gasteiger partial charge on any atom is 0.0935 e. The molecule has 0 aromatic carbocycles. The number of furan rings is 1. The fourth-order valence-electron chi connectivity index (χ4n) is 3.24. The van der Waals surface area contributed by atoms with Gasteiger partial charge in [-0.25, -0.2) is 0 Å². The third kappa shape index (κ3) is 3.38. The zero-order valence-electron chi connectivity index (χ0n) is 11.9. The van der Waals surface area contributed by atoms with Crippen LogP contribution >= 0.6 is 0 Å². The Labute approximate surface area is 111 Å². The van der Waals surface area contributed by atoms with E-state index in [-0.39, 0.29) is 0 Å². The van der Waals surface area contributed by atoms with E-state index >= 15 is 0 Å². The Kier molecular flexibility index (Phi) is 4.87. The second-order valence-corrected chi connectivity index (χ2v) is 6.06. The van der Waals surface area contributed by atoms with E-state index in [4.69, 9.17) is 4.42 Å². The summed E-state index contributed by atoms with van der Waals surface area (Å²) in [6.45, 7) is 5.84. The summed E-state index contributed by atoms with van der Waals surface area (Å²) in [6.07, 6.45) is 12.9. The molecule has 1 aliphatic rings. The zero-order valence-corrected chi connectivity index (χ0v) is 11.9. The summed E-state index contributed by atoms with van der Waals surface area (Å²) in [5, 5.41) is 3.78. The smallest absolute Gasteiger partial charge is 0.0935 e. The lowest BCUT2D eigenvalue weighted by Gasteiger charge is -2.41. The van der Waals surface area contributed by atoms with Crippen LogP contribution in [0.25, 0.3) is 0 Å². The molecule has 1 heterocycles. The monoisotopic (exact) mass is 249 g/mol. The first kappa shape index (κ1) is 13.7. The van der Waals surface area contributed by atoms with E-state index in [1.807, 2.05) is 6.26 Å². The van der Waals surface area contributed by atoms with Gasteiger partial charge in [-0.2, -0.15) is 0 Å². The van der Waals surface area contributed by atoms with Gasteiger partial charge in [0, 0.05) is 6.04 Å². The number of hydrogen-bond acceptors (Lipinski definition) is 2. The first-order valence-electron chi connectivity index (χ1n) is 7.49. The van der Waals surface area contributed by atoms with Crippen molar-refractivity contribution in [3.63, 3.8) is 0 Å². The van der Waals surface area contributed by atoms with Crippen molar-refractivity contribution in [2.24, 2.45) is 5.41 Å². The highest BCUT2D eigenvalue weighted by Crippen LogP contribution is 2.39. The summed E-state index contributed by atoms with van der Waals surface area (Å²) in [7, 11) is 0. The van der Waals surface area contributed by atoms with Gasteiger partial charge in [-0.1, -0.05) is 33.1 Å². The van der Waals surface area contributed by atoms with Gasteiger partial charge in [0.05, 0.1) is 12.5 Å². The summed E-state index contributed by atoms with van der Waals surface area (Å²) in [5.41, 5.74) is 1.79. The largest absolute Gasteiger partial charge is 0.472 e. The zero-order chi connectivity index (χ0) is 12.8. The van der Waals surface area contributed by atoms with Crippen LogP contribution in [-0.4, -0.2) is 12.6 Å². The molecule has 1 fully saturated rings. The highest BCUT2D eigenvalue weighted by Gasteiger charge is 2.35. The lowest BCUT2D eigenvalue weighted by molar-refractivity contribution is 0.143. The molecule has 0 spiro atoms. The van der Waals surface area contributed by atoms with Gasteiger partial charge in [0.15, 0.2) is 0 Å². The lowest BCUT2D eigenvalue weighted by Crippen LogP contribution is -2.46. The Balaban J connectivity index is 2.03. The number of hydrogen-bond donors (Lipinski definition) is 1. The predicted molar refractivity (Wildman–Crippen MR) is 75.7 cm³/mol. The molecule has 2 rings (SSSR count). The molecule has 1 aliphatic carbocycles. The Bertz CT molecular complexity index is 325. The maximum atomic E-state index is 5.21. The standard InChI is InChI=1S/C16H27NO/c1-3-10-17-15(12-14-7-11-18-13-14)16(2)8-5-4-6-9-16/h7,11,13,15,17H,3-6,8-10,12H2,1-2H3. The highest BCUT2D eigenvalue weighted by molar-refractivity contribution is 5.09. The van der Waals surface area contributed by atoms with Gasteiger partial charge in [-0.05, 0) is 49.3 Å². The molecule has 2 nitrogen and oxygen atoms in total. The molecule has 18 heavy (non-hydrogen) atoms. The van der Waals surface area contributed by atoms with Crippen LogP contribution in [0.4, 0.5) is 0 Å². The van der Waals surface area contributed by atoms with E-state index in [0.717, 1.165) is 13.0 Å². The average Bonchev–Trinajstić information content (AvgIpc) is 2.88. The molecule has 0 radical (unpaired) electrons. The minimum Gasteiger partial charge on any atom is -0.472 e. The van der Waals surface area contributed by atoms with Crippen LogP contribution in [-0.2, 0) is 6.42 Å². The third-order valence-electron chi connectivity index (χ3n) is 4.50. The molecular formula is C16H27NO. The van der Waals surface area contributed by atoms with Gasteiger partial charge in [-0.15, -0.1) is 0 Å². The van der Waals surface area contributed by atoms with Crippen molar-refractivity contribution in [1.82, 2.24) is 5.32 Å². The van der Waals surface area contributed by atoms with Gasteiger partial charge in [0.1, 0.15) is 0 Å². The van der Waals surface area contributed by atoms with Crippen molar-refractivity contribution in [3.05, 3.63) is 24.2 Å². The predicted octanol–water partition coefficient (Wildman–Crippen LogP) is 4.16. The fourth-order valence-corrected chi connectivity index (χ4v) is 3.24. The molecule has 1 N–H and O–H groups in total. The minimum atomic E-state index is 0.463. The molecule has 0 bridgehead atoms. The summed E-state index contributed by atoms with van der Waals surface area (Å²) in [6, 6.07) is 2.70. The lowest BCUT2D eigenvalue weighted by atomic mass is 9.69. The van der Waals surface area contributed by atoms with Gasteiger partial charge in [0.2, 0.25) is 0 Å². The number of nitrogens with one attached hydrogen (secondary N) is 1. The Morgan fingerprint density at radius 1 is 1.33 bits per heavy atom. The highest BCUT2D eigenvalue weighted by atomic mass is 16.3. The maximum absolute atomic E-state index is 5.21. The van der Waals surface area contributed by atoms with Crippen molar-refractivity contribution in [3.8, 4) is 0 Å². The normalized spacial score (nSPS) is 20.8. The summed E-state index contributed by atoms with van der Waals surface area (Å²) >= 11 is 0. The first-order chi connectivity index (χ1) is 8.74. The van der Waals surface area contributed by atoms with E-state index in [9.17, 15) is 0 Å². The van der Waals surface area contributed by atoms with E-state index in [1.54, 1.807) is 6.26 Å².